The molecule has 0 aliphatic carbocycles. The minimum absolute atomic E-state index is 0.0385. The molecule has 3 rings (SSSR count). The average Bonchev–Trinajstić information content (AvgIpc) is 3.00. The Balaban J connectivity index is 1.71. The van der Waals surface area contributed by atoms with Gasteiger partial charge < -0.3 is 9.80 Å². The number of nitrogens with zero attached hydrogens (tertiary/aromatic N) is 2. The molecule has 0 bridgehead atoms. The molecule has 4 nitrogen and oxygen atoms in total. The second-order valence-electron chi connectivity index (χ2n) is 9.13. The lowest BCUT2D eigenvalue weighted by molar-refractivity contribution is -0.147. The van der Waals surface area contributed by atoms with Crippen LogP contribution in [0.25, 0.3) is 0 Å². The zero-order chi connectivity index (χ0) is 19.8. The summed E-state index contributed by atoms with van der Waals surface area (Å²) in [4.78, 5) is 29.2. The molecule has 2 heterocycles. The third-order valence-corrected chi connectivity index (χ3v) is 5.61. The average molecular weight is 378 g/mol. The molecule has 0 radical (unpaired) electrons. The van der Waals surface area contributed by atoms with Gasteiger partial charge in [0.1, 0.15) is 0 Å². The van der Waals surface area contributed by atoms with E-state index in [2.05, 4.69) is 0 Å². The van der Waals surface area contributed by atoms with Gasteiger partial charge in [-0.1, -0.05) is 32.9 Å². The van der Waals surface area contributed by atoms with Crippen molar-refractivity contribution in [2.75, 3.05) is 19.6 Å². The van der Waals surface area contributed by atoms with Crippen molar-refractivity contribution < 1.29 is 18.4 Å². The lowest BCUT2D eigenvalue weighted by atomic mass is 9.78. The normalized spacial score (nSPS) is 23.4. The lowest BCUT2D eigenvalue weighted by Gasteiger charge is -2.39. The van der Waals surface area contributed by atoms with Crippen LogP contribution in [0.5, 0.6) is 0 Å². The fraction of sp³-hybridized carbons (Fsp3) is 0.619. The molecule has 6 heteroatoms. The van der Waals surface area contributed by atoms with E-state index in [1.54, 1.807) is 9.80 Å². The van der Waals surface area contributed by atoms with Crippen LogP contribution in [0, 0.1) is 22.5 Å². The summed E-state index contributed by atoms with van der Waals surface area (Å²) in [6.45, 7) is 7.70. The Kier molecular flexibility index (Phi) is 5.28. The first-order valence-corrected chi connectivity index (χ1v) is 9.61. The minimum Gasteiger partial charge on any atom is -0.342 e. The van der Waals surface area contributed by atoms with Crippen LogP contribution in [-0.4, -0.2) is 41.2 Å². The van der Waals surface area contributed by atoms with Gasteiger partial charge in [0, 0.05) is 38.2 Å². The van der Waals surface area contributed by atoms with Crippen LogP contribution >= 0.6 is 0 Å². The van der Waals surface area contributed by atoms with Gasteiger partial charge >= 0.3 is 0 Å². The molecule has 2 aliphatic rings. The van der Waals surface area contributed by atoms with Crippen LogP contribution in [0.2, 0.25) is 0 Å². The third-order valence-electron chi connectivity index (χ3n) is 5.61. The van der Waals surface area contributed by atoms with E-state index in [9.17, 15) is 18.4 Å². The summed E-state index contributed by atoms with van der Waals surface area (Å²) in [5, 5.41) is 0. The zero-order valence-corrected chi connectivity index (χ0v) is 16.4. The maximum Gasteiger partial charge on any atom is 0.230 e. The highest BCUT2D eigenvalue weighted by Crippen LogP contribution is 2.41. The second kappa shape index (κ2) is 7.21. The Morgan fingerprint density at radius 1 is 1.19 bits per heavy atom. The molecule has 1 aromatic rings. The van der Waals surface area contributed by atoms with E-state index in [0.717, 1.165) is 18.9 Å². The van der Waals surface area contributed by atoms with E-state index in [1.165, 1.54) is 12.1 Å². The van der Waals surface area contributed by atoms with Crippen molar-refractivity contribution >= 4 is 11.8 Å². The highest BCUT2D eigenvalue weighted by atomic mass is 19.2. The van der Waals surface area contributed by atoms with Crippen LogP contribution in [0.3, 0.4) is 0 Å². The van der Waals surface area contributed by atoms with E-state index in [4.69, 9.17) is 0 Å². The Labute approximate surface area is 159 Å². The number of halogens is 2. The maximum absolute atomic E-state index is 14.0. The van der Waals surface area contributed by atoms with Gasteiger partial charge in [0.25, 0.3) is 0 Å². The van der Waals surface area contributed by atoms with Crippen LogP contribution in [-0.2, 0) is 16.1 Å². The SMILES string of the molecule is CC(C)(C)CC(=O)N1CC[C@]2(CCCN(Cc3cccc(F)c3F)C2=O)C1. The maximum atomic E-state index is 14.0. The Morgan fingerprint density at radius 3 is 2.63 bits per heavy atom. The van der Waals surface area contributed by atoms with E-state index < -0.39 is 17.0 Å². The van der Waals surface area contributed by atoms with E-state index in [0.29, 0.717) is 32.5 Å². The number of carbonyl (C=O) groups excluding carboxylic acids is 2. The molecule has 1 spiro atoms. The van der Waals surface area contributed by atoms with Crippen molar-refractivity contribution in [2.45, 2.75) is 53.0 Å². The number of amides is 2. The van der Waals surface area contributed by atoms with Crippen LogP contribution < -0.4 is 0 Å². The summed E-state index contributed by atoms with van der Waals surface area (Å²) >= 11 is 0. The molecular formula is C21H28F2N2O2. The number of rotatable bonds is 3. The number of likely N-dealkylation sites (tertiary alicyclic amines) is 2. The Hall–Kier alpha value is -1.98. The molecule has 1 atom stereocenters. The minimum atomic E-state index is -0.897. The molecular weight excluding hydrogens is 350 g/mol. The summed E-state index contributed by atoms with van der Waals surface area (Å²) < 4.78 is 27.5. The molecule has 0 saturated carbocycles. The Morgan fingerprint density at radius 2 is 1.93 bits per heavy atom. The van der Waals surface area contributed by atoms with Crippen LogP contribution in [0.1, 0.15) is 52.0 Å². The molecule has 2 saturated heterocycles. The highest BCUT2D eigenvalue weighted by molar-refractivity contribution is 5.86. The summed E-state index contributed by atoms with van der Waals surface area (Å²) in [6, 6.07) is 4.05. The predicted octanol–water partition coefficient (Wildman–Crippen LogP) is 3.74. The van der Waals surface area contributed by atoms with E-state index in [-0.39, 0.29) is 29.3 Å². The predicted molar refractivity (Wildman–Crippen MR) is 98.7 cm³/mol. The van der Waals surface area contributed by atoms with Crippen molar-refractivity contribution in [1.82, 2.24) is 9.80 Å². The van der Waals surface area contributed by atoms with Crippen molar-refractivity contribution in [3.05, 3.63) is 35.4 Å². The monoisotopic (exact) mass is 378 g/mol. The number of benzene rings is 1. The molecule has 0 unspecified atom stereocenters. The quantitative estimate of drug-likeness (QED) is 0.804. The van der Waals surface area contributed by atoms with Crippen molar-refractivity contribution in [3.63, 3.8) is 0 Å². The molecule has 1 aromatic carbocycles. The summed E-state index contributed by atoms with van der Waals surface area (Å²) in [7, 11) is 0. The molecule has 148 valence electrons. The second-order valence-corrected chi connectivity index (χ2v) is 9.13. The van der Waals surface area contributed by atoms with Gasteiger partial charge in [-0.05, 0) is 30.7 Å². The number of piperidine rings is 1. The number of carbonyl (C=O) groups is 2. The first-order chi connectivity index (χ1) is 12.6. The number of hydrogen-bond acceptors (Lipinski definition) is 2. The van der Waals surface area contributed by atoms with E-state index in [1.807, 2.05) is 20.8 Å². The topological polar surface area (TPSA) is 40.6 Å². The van der Waals surface area contributed by atoms with Crippen molar-refractivity contribution in [2.24, 2.45) is 10.8 Å². The Bertz CT molecular complexity index is 744. The molecule has 2 aliphatic heterocycles. The molecule has 0 N–H and O–H groups in total. The van der Waals surface area contributed by atoms with Gasteiger partial charge in [0.05, 0.1) is 5.41 Å². The fourth-order valence-corrected chi connectivity index (χ4v) is 4.21. The van der Waals surface area contributed by atoms with Gasteiger partial charge in [-0.15, -0.1) is 0 Å². The lowest BCUT2D eigenvalue weighted by Crippen LogP contribution is -2.50. The van der Waals surface area contributed by atoms with E-state index >= 15 is 0 Å². The van der Waals surface area contributed by atoms with Crippen LogP contribution in [0.15, 0.2) is 18.2 Å². The molecule has 0 aromatic heterocycles. The largest absolute Gasteiger partial charge is 0.342 e. The summed E-state index contributed by atoms with van der Waals surface area (Å²) in [5.74, 6) is -1.74. The fourth-order valence-electron chi connectivity index (χ4n) is 4.21. The van der Waals surface area contributed by atoms with Crippen molar-refractivity contribution in [3.8, 4) is 0 Å². The third kappa shape index (κ3) is 4.14. The first-order valence-electron chi connectivity index (χ1n) is 9.61. The summed E-state index contributed by atoms with van der Waals surface area (Å²) in [5.41, 5.74) is -0.473. The van der Waals surface area contributed by atoms with Gasteiger partial charge in [0.15, 0.2) is 11.6 Å². The highest BCUT2D eigenvalue weighted by Gasteiger charge is 2.49. The first kappa shape index (κ1) is 19.8. The smallest absolute Gasteiger partial charge is 0.230 e. The number of hydrogen-bond donors (Lipinski definition) is 0. The van der Waals surface area contributed by atoms with Gasteiger partial charge in [-0.2, -0.15) is 0 Å². The summed E-state index contributed by atoms with van der Waals surface area (Å²) in [6.07, 6.45) is 2.65. The molecule has 2 amide bonds. The van der Waals surface area contributed by atoms with Gasteiger partial charge in [-0.25, -0.2) is 8.78 Å². The van der Waals surface area contributed by atoms with Crippen LogP contribution in [0.4, 0.5) is 8.78 Å². The zero-order valence-electron chi connectivity index (χ0n) is 16.4. The van der Waals surface area contributed by atoms with Gasteiger partial charge in [-0.3, -0.25) is 9.59 Å². The van der Waals surface area contributed by atoms with Crippen molar-refractivity contribution in [1.29, 1.82) is 0 Å². The standard InChI is InChI=1S/C21H28F2N2O2/c1-20(2,3)12-17(26)25-11-9-21(14-25)8-5-10-24(19(21)27)13-15-6-4-7-16(22)18(15)23/h4,6-7H,5,8-14H2,1-3H3/t21-/m1/s1. The molecule has 2 fully saturated rings. The van der Waals surface area contributed by atoms with Gasteiger partial charge in [0.2, 0.25) is 11.8 Å². The molecule has 27 heavy (non-hydrogen) atoms.